The average molecular weight is 809 g/mol. The van der Waals surface area contributed by atoms with Gasteiger partial charge in [0.2, 0.25) is 5.69 Å². The van der Waals surface area contributed by atoms with Crippen LogP contribution in [-0.2, 0) is 15.6 Å². The van der Waals surface area contributed by atoms with E-state index in [1.165, 1.54) is 38.5 Å². The number of fused-ring (bicyclic) bond motifs is 6. The number of hydrogen-bond donors (Lipinski definition) is 2. The van der Waals surface area contributed by atoms with E-state index in [0.29, 0.717) is 0 Å². The first-order valence-electron chi connectivity index (χ1n) is 22.2. The molecule has 0 unspecified atom stereocenters. The molecular weight excluding hydrogens is 749 g/mol. The van der Waals surface area contributed by atoms with Crippen LogP contribution in [0.3, 0.4) is 0 Å². The minimum absolute atomic E-state index is 0.186. The lowest BCUT2D eigenvalue weighted by atomic mass is 9.76. The molecular formula is C52H60N2O6. The van der Waals surface area contributed by atoms with Crippen LogP contribution in [0.4, 0.5) is 11.4 Å². The fourth-order valence-corrected chi connectivity index (χ4v) is 9.93. The van der Waals surface area contributed by atoms with Crippen molar-refractivity contribution in [1.29, 1.82) is 0 Å². The number of rotatable bonds is 18. The van der Waals surface area contributed by atoms with Gasteiger partial charge in [0.1, 0.15) is 6.54 Å². The molecule has 0 saturated heterocycles. The van der Waals surface area contributed by atoms with Gasteiger partial charge in [0.15, 0.2) is 11.5 Å². The Labute approximate surface area is 354 Å². The molecule has 8 nitrogen and oxygen atoms in total. The number of nitrogens with zero attached hydrogens (tertiary/aromatic N) is 2. The van der Waals surface area contributed by atoms with Gasteiger partial charge in [-0.1, -0.05) is 109 Å². The van der Waals surface area contributed by atoms with Crippen LogP contribution in [0.1, 0.15) is 150 Å². The van der Waals surface area contributed by atoms with Crippen molar-refractivity contribution < 1.29 is 34.3 Å². The Morgan fingerprint density at radius 3 is 1.82 bits per heavy atom. The number of Topliss-reactive ketones (excluding diaryl/α,β-unsaturated/α-hetero) is 1. The summed E-state index contributed by atoms with van der Waals surface area (Å²) < 4.78 is 2.28. The summed E-state index contributed by atoms with van der Waals surface area (Å²) in [7, 11) is 0. The van der Waals surface area contributed by atoms with Crippen LogP contribution in [0.25, 0.3) is 21.5 Å². The van der Waals surface area contributed by atoms with E-state index in [2.05, 4.69) is 63.2 Å². The Morgan fingerprint density at radius 1 is 0.683 bits per heavy atom. The van der Waals surface area contributed by atoms with Gasteiger partial charge in [-0.2, -0.15) is 4.58 Å². The second kappa shape index (κ2) is 17.2. The van der Waals surface area contributed by atoms with Crippen LogP contribution in [0.2, 0.25) is 0 Å². The van der Waals surface area contributed by atoms with E-state index < -0.39 is 22.8 Å². The number of hydrogen-bond acceptors (Lipinski definition) is 5. The first-order valence-corrected chi connectivity index (χ1v) is 22.2. The van der Waals surface area contributed by atoms with Crippen molar-refractivity contribution >= 4 is 56.4 Å². The highest BCUT2D eigenvalue weighted by Gasteiger charge is 2.47. The number of carbonyl (C=O) groups excluding carboxylic acids is 1. The summed E-state index contributed by atoms with van der Waals surface area (Å²) in [4.78, 5) is 40.3. The topological polar surface area (TPSA) is 121 Å². The molecule has 8 heteroatoms. The Kier molecular flexibility index (Phi) is 12.2. The summed E-state index contributed by atoms with van der Waals surface area (Å²) in [6.07, 6.45) is 17.3. The zero-order valence-corrected chi connectivity index (χ0v) is 36.2. The fraction of sp³-hybridized carbons (Fsp3) is 0.423. The van der Waals surface area contributed by atoms with Gasteiger partial charge in [0.05, 0.1) is 16.5 Å². The number of ketones is 1. The quantitative estimate of drug-likeness (QED) is 0.0583. The molecule has 7 rings (SSSR count). The highest BCUT2D eigenvalue weighted by Crippen LogP contribution is 2.52. The van der Waals surface area contributed by atoms with E-state index in [1.54, 1.807) is 24.3 Å². The number of aromatic carboxylic acids is 2. The molecule has 1 aliphatic carbocycles. The molecule has 2 N–H and O–H groups in total. The summed E-state index contributed by atoms with van der Waals surface area (Å²) in [5.41, 5.74) is 5.67. The van der Waals surface area contributed by atoms with Crippen LogP contribution in [0.5, 0.6) is 0 Å². The number of unbranched alkanes of at least 4 members (excludes halogenated alkanes) is 10. The summed E-state index contributed by atoms with van der Waals surface area (Å²) in [6, 6.07) is 18.6. The lowest BCUT2D eigenvalue weighted by Crippen LogP contribution is -2.35. The molecule has 4 aromatic rings. The van der Waals surface area contributed by atoms with E-state index in [9.17, 15) is 29.7 Å². The number of benzene rings is 4. The predicted molar refractivity (Wildman–Crippen MR) is 240 cm³/mol. The van der Waals surface area contributed by atoms with Gasteiger partial charge in [0, 0.05) is 58.6 Å². The van der Waals surface area contributed by atoms with Gasteiger partial charge in [-0.25, -0.2) is 9.59 Å². The van der Waals surface area contributed by atoms with Gasteiger partial charge in [0.25, 0.3) is 0 Å². The molecule has 0 spiro atoms. The van der Waals surface area contributed by atoms with Crippen molar-refractivity contribution in [1.82, 2.24) is 0 Å². The van der Waals surface area contributed by atoms with E-state index in [1.807, 2.05) is 36.4 Å². The van der Waals surface area contributed by atoms with Gasteiger partial charge >= 0.3 is 11.9 Å². The molecule has 2 aliphatic heterocycles. The molecule has 3 aliphatic rings. The van der Waals surface area contributed by atoms with Crippen LogP contribution in [0, 0.1) is 0 Å². The Hall–Kier alpha value is -5.50. The Bertz CT molecular complexity index is 2510. The molecule has 0 radical (unpaired) electrons. The van der Waals surface area contributed by atoms with E-state index in [0.717, 1.165) is 107 Å². The van der Waals surface area contributed by atoms with E-state index in [4.69, 9.17) is 0 Å². The maximum Gasteiger partial charge on any atom is 0.335 e. The SMILES string of the molecule is CCCCCCCCN1/C(=C/C2=C([O-])C(=C/C3=[N+](CCCCCCCC)c4ccc5cc(C(=O)O)ccc5c4C3(C)C)/C2=O)C(C)(C)c2c1ccc1cc(C(=O)O)ccc21. The van der Waals surface area contributed by atoms with Gasteiger partial charge in [-0.15, -0.1) is 0 Å². The third kappa shape index (κ3) is 7.70. The first-order chi connectivity index (χ1) is 28.7. The lowest BCUT2D eigenvalue weighted by molar-refractivity contribution is -0.438. The van der Waals surface area contributed by atoms with Crippen LogP contribution in [-0.4, -0.2) is 51.3 Å². The summed E-state index contributed by atoms with van der Waals surface area (Å²) in [5, 5.41) is 37.4. The zero-order valence-electron chi connectivity index (χ0n) is 36.2. The van der Waals surface area contributed by atoms with Crippen LogP contribution in [0.15, 0.2) is 95.4 Å². The second-order valence-corrected chi connectivity index (χ2v) is 18.0. The van der Waals surface area contributed by atoms with Crippen molar-refractivity contribution in [3.8, 4) is 0 Å². The Morgan fingerprint density at radius 2 is 1.23 bits per heavy atom. The maximum atomic E-state index is 14.3. The minimum Gasteiger partial charge on any atom is -0.871 e. The fourth-order valence-electron chi connectivity index (χ4n) is 9.93. The normalized spacial score (nSPS) is 18.0. The molecule has 0 fully saturated rings. The predicted octanol–water partition coefficient (Wildman–Crippen LogP) is 11.3. The highest BCUT2D eigenvalue weighted by molar-refractivity contribution is 6.24. The van der Waals surface area contributed by atoms with Crippen molar-refractivity contribution in [2.45, 2.75) is 129 Å². The van der Waals surface area contributed by atoms with Crippen molar-refractivity contribution in [3.63, 3.8) is 0 Å². The molecule has 0 bridgehead atoms. The smallest absolute Gasteiger partial charge is 0.335 e. The van der Waals surface area contributed by atoms with Crippen LogP contribution < -0.4 is 10.0 Å². The molecule has 314 valence electrons. The largest absolute Gasteiger partial charge is 0.871 e. The number of carboxylic acid groups (broad SMARTS) is 2. The summed E-state index contributed by atoms with van der Waals surface area (Å²) >= 11 is 0. The monoisotopic (exact) mass is 808 g/mol. The zero-order chi connectivity index (χ0) is 42.9. The summed E-state index contributed by atoms with van der Waals surface area (Å²) in [6.45, 7) is 14.4. The van der Waals surface area contributed by atoms with Gasteiger partial charge < -0.3 is 20.2 Å². The van der Waals surface area contributed by atoms with Crippen LogP contribution >= 0.6 is 0 Å². The molecule has 0 amide bonds. The van der Waals surface area contributed by atoms with Crippen molar-refractivity contribution in [2.24, 2.45) is 0 Å². The first kappa shape index (κ1) is 42.6. The minimum atomic E-state index is -0.972. The third-order valence-corrected chi connectivity index (χ3v) is 13.2. The lowest BCUT2D eigenvalue weighted by Gasteiger charge is -2.33. The average Bonchev–Trinajstić information content (AvgIpc) is 3.58. The number of carboxylic acids is 2. The molecule has 0 saturated carbocycles. The highest BCUT2D eigenvalue weighted by atomic mass is 16.4. The van der Waals surface area contributed by atoms with Crippen molar-refractivity contribution in [2.75, 3.05) is 18.0 Å². The van der Waals surface area contributed by atoms with Gasteiger partial charge in [-0.05, 0) is 96.3 Å². The standard InChI is InChI=1S/C52H60N2O6/c1-7-9-11-13-15-17-27-53-41-25-21-33-29-35(49(57)58)19-23-37(33)45(41)51(3,4)43(53)31-39-47(55)40(48(39)56)32-44-52(5,6)46-38-24-20-36(50(59)60)30-34(38)22-26-42(46)54(44)28-18-16-14-12-10-8-2/h19-26,29-32H,7-18,27-28H2,1-6H3,(H2-,55,56,57,58,59,60). The maximum absolute atomic E-state index is 14.3. The molecule has 0 atom stereocenters. The molecule has 0 aromatic heterocycles. The number of carbonyl (C=O) groups is 3. The van der Waals surface area contributed by atoms with E-state index >= 15 is 0 Å². The summed E-state index contributed by atoms with van der Waals surface area (Å²) in [5.74, 6) is -2.46. The van der Waals surface area contributed by atoms with E-state index in [-0.39, 0.29) is 33.8 Å². The second-order valence-electron chi connectivity index (χ2n) is 18.0. The van der Waals surface area contributed by atoms with Gasteiger partial charge in [-0.3, -0.25) is 4.79 Å². The third-order valence-electron chi connectivity index (χ3n) is 13.2. The number of anilines is 1. The number of allylic oxidation sites excluding steroid dienone is 5. The molecule has 2 heterocycles. The molecule has 4 aromatic carbocycles. The Balaban J connectivity index is 1.28. The van der Waals surface area contributed by atoms with Crippen molar-refractivity contribution in [3.05, 3.63) is 118 Å². The molecule has 60 heavy (non-hydrogen) atoms.